The lowest BCUT2D eigenvalue weighted by Gasteiger charge is -2.06. The van der Waals surface area contributed by atoms with Crippen LogP contribution in [0.2, 0.25) is 0 Å². The molecule has 64 valence electrons. The first kappa shape index (κ1) is 9.86. The van der Waals surface area contributed by atoms with Gasteiger partial charge in [-0.3, -0.25) is 20.4 Å². The molecule has 1 atom stereocenters. The van der Waals surface area contributed by atoms with Crippen molar-refractivity contribution in [2.24, 2.45) is 17.6 Å². The van der Waals surface area contributed by atoms with Crippen molar-refractivity contribution in [1.82, 2.24) is 10.9 Å². The first-order valence-electron chi connectivity index (χ1n) is 3.11. The zero-order valence-electron chi connectivity index (χ0n) is 6.26. The zero-order chi connectivity index (χ0) is 8.85. The van der Waals surface area contributed by atoms with Crippen LogP contribution in [-0.4, -0.2) is 11.8 Å². The Labute approximate surface area is 64.2 Å². The summed E-state index contributed by atoms with van der Waals surface area (Å²) in [5, 5.41) is 0. The van der Waals surface area contributed by atoms with E-state index in [1.54, 1.807) is 6.92 Å². The fourth-order valence-electron chi connectivity index (χ4n) is 0.572. The first-order valence-corrected chi connectivity index (χ1v) is 3.11. The van der Waals surface area contributed by atoms with Gasteiger partial charge in [-0.15, -0.1) is 0 Å². The SMILES string of the molecule is CC(CC(=O)NN)C(=O)NN. The molecule has 0 radical (unpaired) electrons. The third-order valence-electron chi connectivity index (χ3n) is 1.24. The third kappa shape index (κ3) is 3.54. The van der Waals surface area contributed by atoms with E-state index in [1.807, 2.05) is 10.9 Å². The van der Waals surface area contributed by atoms with Crippen LogP contribution in [-0.2, 0) is 9.59 Å². The lowest BCUT2D eigenvalue weighted by Crippen LogP contribution is -2.38. The lowest BCUT2D eigenvalue weighted by atomic mass is 10.1. The Balaban J connectivity index is 3.77. The molecule has 0 aliphatic rings. The van der Waals surface area contributed by atoms with Gasteiger partial charge in [0.05, 0.1) is 0 Å². The van der Waals surface area contributed by atoms with E-state index < -0.39 is 5.92 Å². The van der Waals surface area contributed by atoms with E-state index in [2.05, 4.69) is 0 Å². The second-order valence-electron chi connectivity index (χ2n) is 2.18. The number of rotatable bonds is 3. The molecule has 2 amide bonds. The van der Waals surface area contributed by atoms with Gasteiger partial charge in [0.15, 0.2) is 0 Å². The Bertz CT molecular complexity index is 159. The molecule has 0 saturated heterocycles. The van der Waals surface area contributed by atoms with Crippen LogP contribution in [0, 0.1) is 5.92 Å². The standard InChI is InChI=1S/C5H12N4O2/c1-3(5(11)9-7)2-4(10)8-6/h3H,2,6-7H2,1H3,(H,8,10)(H,9,11). The fraction of sp³-hybridized carbons (Fsp3) is 0.600. The van der Waals surface area contributed by atoms with E-state index in [9.17, 15) is 9.59 Å². The number of hydrogen-bond donors (Lipinski definition) is 4. The molecule has 0 heterocycles. The molecule has 0 aromatic rings. The van der Waals surface area contributed by atoms with Crippen molar-refractivity contribution < 1.29 is 9.59 Å². The minimum atomic E-state index is -0.455. The Hall–Kier alpha value is -1.14. The highest BCUT2D eigenvalue weighted by Gasteiger charge is 2.14. The van der Waals surface area contributed by atoms with Crippen LogP contribution in [0.3, 0.4) is 0 Å². The number of nitrogens with one attached hydrogen (secondary N) is 2. The van der Waals surface area contributed by atoms with Crippen molar-refractivity contribution in [3.8, 4) is 0 Å². The summed E-state index contributed by atoms with van der Waals surface area (Å²) in [6.45, 7) is 1.58. The number of carbonyl (C=O) groups excluding carboxylic acids is 2. The molecule has 6 heteroatoms. The van der Waals surface area contributed by atoms with Crippen molar-refractivity contribution in [1.29, 1.82) is 0 Å². The van der Waals surface area contributed by atoms with Gasteiger partial charge in [-0.1, -0.05) is 6.92 Å². The van der Waals surface area contributed by atoms with Crippen LogP contribution in [0.4, 0.5) is 0 Å². The van der Waals surface area contributed by atoms with Gasteiger partial charge in [0, 0.05) is 12.3 Å². The maximum atomic E-state index is 10.7. The normalized spacial score (nSPS) is 11.9. The molecule has 11 heavy (non-hydrogen) atoms. The summed E-state index contributed by atoms with van der Waals surface area (Å²) >= 11 is 0. The van der Waals surface area contributed by atoms with Gasteiger partial charge >= 0.3 is 0 Å². The highest BCUT2D eigenvalue weighted by atomic mass is 16.2. The zero-order valence-corrected chi connectivity index (χ0v) is 6.26. The molecule has 6 nitrogen and oxygen atoms in total. The largest absolute Gasteiger partial charge is 0.294 e. The molecule has 0 fully saturated rings. The topological polar surface area (TPSA) is 110 Å². The van der Waals surface area contributed by atoms with Gasteiger partial charge < -0.3 is 0 Å². The maximum absolute atomic E-state index is 10.7. The molecule has 0 aromatic carbocycles. The monoisotopic (exact) mass is 160 g/mol. The van der Waals surface area contributed by atoms with Crippen LogP contribution in [0.25, 0.3) is 0 Å². The highest BCUT2D eigenvalue weighted by Crippen LogP contribution is 1.99. The van der Waals surface area contributed by atoms with Gasteiger partial charge in [0.2, 0.25) is 11.8 Å². The Morgan fingerprint density at radius 3 is 2.27 bits per heavy atom. The highest BCUT2D eigenvalue weighted by molar-refractivity contribution is 5.84. The minimum absolute atomic E-state index is 0.0412. The van der Waals surface area contributed by atoms with E-state index >= 15 is 0 Å². The average Bonchev–Trinajstić information content (AvgIpc) is 2.02. The molecule has 0 aromatic heterocycles. The van der Waals surface area contributed by atoms with Crippen LogP contribution < -0.4 is 22.5 Å². The molecule has 0 saturated carbocycles. The third-order valence-corrected chi connectivity index (χ3v) is 1.24. The molecule has 0 spiro atoms. The van der Waals surface area contributed by atoms with Gasteiger partial charge in [0.1, 0.15) is 0 Å². The summed E-state index contributed by atoms with van der Waals surface area (Å²) in [6.07, 6.45) is 0.0412. The van der Waals surface area contributed by atoms with E-state index in [1.165, 1.54) is 0 Å². The number of amides is 2. The quantitative estimate of drug-likeness (QED) is 0.217. The predicted octanol–water partition coefficient (Wildman–Crippen LogP) is -2.01. The van der Waals surface area contributed by atoms with Crippen molar-refractivity contribution in [3.05, 3.63) is 0 Å². The molecule has 0 aliphatic carbocycles. The number of hydrazine groups is 2. The Morgan fingerprint density at radius 1 is 1.36 bits per heavy atom. The maximum Gasteiger partial charge on any atom is 0.237 e. The van der Waals surface area contributed by atoms with Gasteiger partial charge in [-0.2, -0.15) is 0 Å². The fourth-order valence-corrected chi connectivity index (χ4v) is 0.572. The lowest BCUT2D eigenvalue weighted by molar-refractivity contribution is -0.129. The van der Waals surface area contributed by atoms with Crippen molar-refractivity contribution in [2.45, 2.75) is 13.3 Å². The number of carbonyl (C=O) groups is 2. The first-order chi connectivity index (χ1) is 5.11. The Morgan fingerprint density at radius 2 is 1.91 bits per heavy atom. The molecule has 0 bridgehead atoms. The van der Waals surface area contributed by atoms with Crippen LogP contribution in [0.15, 0.2) is 0 Å². The molecular weight excluding hydrogens is 148 g/mol. The van der Waals surface area contributed by atoms with E-state index in [-0.39, 0.29) is 18.2 Å². The summed E-state index contributed by atoms with van der Waals surface area (Å²) in [5.41, 5.74) is 3.85. The summed E-state index contributed by atoms with van der Waals surface area (Å²) in [7, 11) is 0. The summed E-state index contributed by atoms with van der Waals surface area (Å²) in [4.78, 5) is 21.3. The predicted molar refractivity (Wildman–Crippen MR) is 38.4 cm³/mol. The van der Waals surface area contributed by atoms with Crippen molar-refractivity contribution >= 4 is 11.8 Å². The van der Waals surface area contributed by atoms with Crippen molar-refractivity contribution in [3.63, 3.8) is 0 Å². The summed E-state index contributed by atoms with van der Waals surface area (Å²) in [5.74, 6) is 8.40. The molecule has 1 unspecified atom stereocenters. The van der Waals surface area contributed by atoms with Crippen LogP contribution in [0.5, 0.6) is 0 Å². The summed E-state index contributed by atoms with van der Waals surface area (Å²) in [6, 6.07) is 0. The van der Waals surface area contributed by atoms with E-state index in [4.69, 9.17) is 11.7 Å². The van der Waals surface area contributed by atoms with Gasteiger partial charge in [-0.05, 0) is 0 Å². The van der Waals surface area contributed by atoms with Crippen LogP contribution >= 0.6 is 0 Å². The number of hydrogen-bond acceptors (Lipinski definition) is 4. The average molecular weight is 160 g/mol. The minimum Gasteiger partial charge on any atom is -0.294 e. The Kier molecular flexibility index (Phi) is 4.16. The van der Waals surface area contributed by atoms with Crippen molar-refractivity contribution in [2.75, 3.05) is 0 Å². The second kappa shape index (κ2) is 4.64. The van der Waals surface area contributed by atoms with Gasteiger partial charge in [0.25, 0.3) is 0 Å². The van der Waals surface area contributed by atoms with E-state index in [0.717, 1.165) is 0 Å². The second-order valence-corrected chi connectivity index (χ2v) is 2.18. The number of nitrogens with two attached hydrogens (primary N) is 2. The molecule has 0 aliphatic heterocycles. The van der Waals surface area contributed by atoms with Gasteiger partial charge in [-0.25, -0.2) is 11.7 Å². The van der Waals surface area contributed by atoms with Crippen LogP contribution in [0.1, 0.15) is 13.3 Å². The van der Waals surface area contributed by atoms with E-state index in [0.29, 0.717) is 0 Å². The molecule has 6 N–H and O–H groups in total. The smallest absolute Gasteiger partial charge is 0.237 e. The summed E-state index contributed by atoms with van der Waals surface area (Å²) < 4.78 is 0. The molecule has 0 rings (SSSR count). The molecular formula is C5H12N4O2.